The number of carbonyl (C=O) groups excluding carboxylic acids is 2. The number of fused-ring (bicyclic) bond motifs is 1. The van der Waals surface area contributed by atoms with Crippen molar-refractivity contribution in [3.63, 3.8) is 0 Å². The first-order valence-electron chi connectivity index (χ1n) is 7.53. The lowest BCUT2D eigenvalue weighted by Crippen LogP contribution is -2.37. The maximum absolute atomic E-state index is 12.6. The number of carbonyl (C=O) groups is 2. The molecule has 0 saturated heterocycles. The van der Waals surface area contributed by atoms with Crippen molar-refractivity contribution in [3.05, 3.63) is 21.4 Å². The van der Waals surface area contributed by atoms with Crippen LogP contribution in [0.2, 0.25) is 0 Å². The fourth-order valence-corrected chi connectivity index (χ4v) is 4.10. The predicted molar refractivity (Wildman–Crippen MR) is 84.5 cm³/mol. The lowest BCUT2D eigenvalue weighted by atomic mass is 9.94. The van der Waals surface area contributed by atoms with Gasteiger partial charge in [-0.15, -0.1) is 11.3 Å². The molecule has 8 heteroatoms. The highest BCUT2D eigenvalue weighted by molar-refractivity contribution is 7.14. The molecular formula is C15H19N3O4S. The molecule has 2 N–H and O–H groups in total. The predicted octanol–water partition coefficient (Wildman–Crippen LogP) is 1.55. The van der Waals surface area contributed by atoms with Crippen molar-refractivity contribution in [3.8, 4) is 0 Å². The molecular weight excluding hydrogens is 318 g/mol. The number of hydroxylamine groups is 1. The number of hydrogen-bond acceptors (Lipinski definition) is 6. The topological polar surface area (TPSA) is 91.2 Å². The Kier molecular flexibility index (Phi) is 4.36. The van der Waals surface area contributed by atoms with Crippen LogP contribution in [0.3, 0.4) is 0 Å². The minimum absolute atomic E-state index is 0.0305. The second-order valence-electron chi connectivity index (χ2n) is 5.92. The summed E-state index contributed by atoms with van der Waals surface area (Å²) in [5, 5.41) is 12.7. The molecule has 0 aromatic carbocycles. The van der Waals surface area contributed by atoms with Crippen LogP contribution in [0.1, 0.15) is 40.4 Å². The third-order valence-electron chi connectivity index (χ3n) is 4.42. The van der Waals surface area contributed by atoms with E-state index in [0.717, 1.165) is 22.6 Å². The zero-order chi connectivity index (χ0) is 16.6. The molecule has 0 aliphatic carbocycles. The second-order valence-corrected chi connectivity index (χ2v) is 7.06. The quantitative estimate of drug-likeness (QED) is 0.647. The van der Waals surface area contributed by atoms with Gasteiger partial charge in [0.1, 0.15) is 6.10 Å². The average molecular weight is 337 g/mol. The van der Waals surface area contributed by atoms with Gasteiger partial charge in [0.25, 0.3) is 5.91 Å². The van der Waals surface area contributed by atoms with Gasteiger partial charge in [-0.1, -0.05) is 5.16 Å². The smallest absolute Gasteiger partial charge is 0.284 e. The van der Waals surface area contributed by atoms with E-state index in [4.69, 9.17) is 10.0 Å². The van der Waals surface area contributed by atoms with Gasteiger partial charge < -0.3 is 9.74 Å². The van der Waals surface area contributed by atoms with Gasteiger partial charge in [-0.05, 0) is 31.9 Å². The van der Waals surface area contributed by atoms with Crippen LogP contribution in [0, 0.1) is 5.92 Å². The normalized spacial score (nSPS) is 23.1. The van der Waals surface area contributed by atoms with Crippen LogP contribution in [-0.4, -0.2) is 40.3 Å². The SMILES string of the molecule is CC1=NOC(C)C1CC(=O)N1CCc2cc(C(=O)NO)sc2C1. The summed E-state index contributed by atoms with van der Waals surface area (Å²) in [6, 6.07) is 1.79. The molecule has 0 bridgehead atoms. The van der Waals surface area contributed by atoms with Crippen LogP contribution >= 0.6 is 11.3 Å². The molecule has 2 aliphatic rings. The van der Waals surface area contributed by atoms with Crippen LogP contribution in [0.5, 0.6) is 0 Å². The molecule has 7 nitrogen and oxygen atoms in total. The van der Waals surface area contributed by atoms with E-state index in [-0.39, 0.29) is 17.9 Å². The average Bonchev–Trinajstić information content (AvgIpc) is 3.11. The Labute approximate surface area is 137 Å². The number of nitrogens with zero attached hydrogens (tertiary/aromatic N) is 2. The Morgan fingerprint density at radius 3 is 3.00 bits per heavy atom. The molecule has 3 rings (SSSR count). The van der Waals surface area contributed by atoms with E-state index in [1.54, 1.807) is 11.5 Å². The summed E-state index contributed by atoms with van der Waals surface area (Å²) in [7, 11) is 0. The minimum Gasteiger partial charge on any atom is -0.392 e. The standard InChI is InChI=1S/C15H19N3O4S/c1-8-11(9(2)22-17-8)6-14(19)18-4-3-10-5-12(15(20)16-21)23-13(10)7-18/h5,9,11,21H,3-4,6-7H2,1-2H3,(H,16,20). The van der Waals surface area contributed by atoms with E-state index in [1.165, 1.54) is 11.3 Å². The fraction of sp³-hybridized carbons (Fsp3) is 0.533. The maximum atomic E-state index is 12.6. The summed E-state index contributed by atoms with van der Waals surface area (Å²) in [6.07, 6.45) is 1.04. The molecule has 0 radical (unpaired) electrons. The summed E-state index contributed by atoms with van der Waals surface area (Å²) in [5.41, 5.74) is 3.59. The van der Waals surface area contributed by atoms with E-state index in [9.17, 15) is 9.59 Å². The third kappa shape index (κ3) is 3.09. The van der Waals surface area contributed by atoms with Gasteiger partial charge >= 0.3 is 0 Å². The molecule has 1 aromatic heterocycles. The highest BCUT2D eigenvalue weighted by Gasteiger charge is 2.32. The zero-order valence-corrected chi connectivity index (χ0v) is 13.9. The number of oxime groups is 1. The van der Waals surface area contributed by atoms with E-state index >= 15 is 0 Å². The molecule has 0 saturated carbocycles. The summed E-state index contributed by atoms with van der Waals surface area (Å²) in [4.78, 5) is 32.5. The van der Waals surface area contributed by atoms with Crippen molar-refractivity contribution in [1.82, 2.24) is 10.4 Å². The molecule has 2 aliphatic heterocycles. The van der Waals surface area contributed by atoms with Crippen LogP contribution in [-0.2, 0) is 22.6 Å². The summed E-state index contributed by atoms with van der Waals surface area (Å²) < 4.78 is 0. The first-order valence-corrected chi connectivity index (χ1v) is 8.35. The molecule has 0 fully saturated rings. The first-order chi connectivity index (χ1) is 11.0. The lowest BCUT2D eigenvalue weighted by Gasteiger charge is -2.28. The highest BCUT2D eigenvalue weighted by atomic mass is 32.1. The third-order valence-corrected chi connectivity index (χ3v) is 5.58. The van der Waals surface area contributed by atoms with Crippen molar-refractivity contribution in [2.45, 2.75) is 39.3 Å². The minimum atomic E-state index is -0.508. The van der Waals surface area contributed by atoms with Gasteiger partial charge in [0, 0.05) is 23.8 Å². The van der Waals surface area contributed by atoms with E-state index in [1.807, 2.05) is 18.7 Å². The van der Waals surface area contributed by atoms with Gasteiger partial charge in [0.2, 0.25) is 5.91 Å². The zero-order valence-electron chi connectivity index (χ0n) is 13.0. The van der Waals surface area contributed by atoms with Crippen molar-refractivity contribution < 1.29 is 19.6 Å². The van der Waals surface area contributed by atoms with Crippen LogP contribution in [0.25, 0.3) is 0 Å². The van der Waals surface area contributed by atoms with Gasteiger partial charge in [-0.25, -0.2) is 5.48 Å². The van der Waals surface area contributed by atoms with Gasteiger partial charge in [0.15, 0.2) is 0 Å². The Hall–Kier alpha value is -1.93. The molecule has 124 valence electrons. The summed E-state index contributed by atoms with van der Waals surface area (Å²) in [6.45, 7) is 4.96. The number of rotatable bonds is 3. The summed E-state index contributed by atoms with van der Waals surface area (Å²) >= 11 is 1.32. The Balaban J connectivity index is 1.67. The lowest BCUT2D eigenvalue weighted by molar-refractivity contribution is -0.133. The first kappa shape index (κ1) is 15.9. The van der Waals surface area contributed by atoms with E-state index < -0.39 is 5.91 Å². The Morgan fingerprint density at radius 1 is 1.57 bits per heavy atom. The number of thiophene rings is 1. The van der Waals surface area contributed by atoms with Gasteiger partial charge in [-0.3, -0.25) is 14.8 Å². The molecule has 0 spiro atoms. The maximum Gasteiger partial charge on any atom is 0.284 e. The number of hydrogen-bond donors (Lipinski definition) is 2. The monoisotopic (exact) mass is 337 g/mol. The molecule has 2 amide bonds. The van der Waals surface area contributed by atoms with Crippen LogP contribution in [0.15, 0.2) is 11.2 Å². The number of nitrogens with one attached hydrogen (secondary N) is 1. The molecule has 2 atom stereocenters. The van der Waals surface area contributed by atoms with Gasteiger partial charge in [-0.2, -0.15) is 0 Å². The molecule has 1 aromatic rings. The van der Waals surface area contributed by atoms with E-state index in [0.29, 0.717) is 24.4 Å². The summed E-state index contributed by atoms with van der Waals surface area (Å²) in [5.74, 6) is -0.400. The second kappa shape index (κ2) is 6.29. The molecule has 3 heterocycles. The van der Waals surface area contributed by atoms with Crippen molar-refractivity contribution in [2.75, 3.05) is 6.54 Å². The number of amides is 2. The van der Waals surface area contributed by atoms with Crippen LogP contribution < -0.4 is 5.48 Å². The largest absolute Gasteiger partial charge is 0.392 e. The highest BCUT2D eigenvalue weighted by Crippen LogP contribution is 2.30. The van der Waals surface area contributed by atoms with Gasteiger partial charge in [0.05, 0.1) is 17.1 Å². The van der Waals surface area contributed by atoms with Crippen LogP contribution in [0.4, 0.5) is 0 Å². The van der Waals surface area contributed by atoms with Crippen molar-refractivity contribution in [1.29, 1.82) is 0 Å². The Morgan fingerprint density at radius 2 is 2.35 bits per heavy atom. The van der Waals surface area contributed by atoms with Crippen molar-refractivity contribution in [2.24, 2.45) is 11.1 Å². The van der Waals surface area contributed by atoms with E-state index in [2.05, 4.69) is 5.16 Å². The fourth-order valence-electron chi connectivity index (χ4n) is 2.98. The Bertz CT molecular complexity index is 670. The molecule has 2 unspecified atom stereocenters. The van der Waals surface area contributed by atoms with Crippen molar-refractivity contribution >= 4 is 28.9 Å². The molecule has 23 heavy (non-hydrogen) atoms.